The van der Waals surface area contributed by atoms with Crippen molar-refractivity contribution < 1.29 is 8.78 Å². The number of piperidine rings is 1. The monoisotopic (exact) mass is 426 g/mol. The van der Waals surface area contributed by atoms with Crippen molar-refractivity contribution in [3.8, 4) is 0 Å². The second-order valence-electron chi connectivity index (χ2n) is 8.80. The molecule has 0 bridgehead atoms. The van der Waals surface area contributed by atoms with E-state index in [0.717, 1.165) is 67.0 Å². The van der Waals surface area contributed by atoms with Gasteiger partial charge in [0, 0.05) is 59.6 Å². The molecule has 1 aromatic rings. The van der Waals surface area contributed by atoms with Gasteiger partial charge in [0.05, 0.1) is 19.1 Å². The molecule has 1 unspecified atom stereocenters. The Morgan fingerprint density at radius 2 is 1.97 bits per heavy atom. The summed E-state index contributed by atoms with van der Waals surface area (Å²) in [5.74, 6) is -2.74. The minimum absolute atomic E-state index is 0.203. The van der Waals surface area contributed by atoms with Crippen LogP contribution in [-0.2, 0) is 6.42 Å². The molecule has 166 valence electrons. The fraction of sp³-hybridized carbons (Fsp3) is 0.480. The Hall–Kier alpha value is -2.63. The van der Waals surface area contributed by atoms with E-state index in [0.29, 0.717) is 12.2 Å². The average Bonchev–Trinajstić information content (AvgIpc) is 3.12. The number of rotatable bonds is 7. The molecule has 2 saturated heterocycles. The van der Waals surface area contributed by atoms with Gasteiger partial charge in [-0.1, -0.05) is 31.9 Å². The Bertz CT molecular complexity index is 899. The van der Waals surface area contributed by atoms with Crippen LogP contribution in [0.15, 0.2) is 49.5 Å². The molecule has 4 nitrogen and oxygen atoms in total. The predicted molar refractivity (Wildman–Crippen MR) is 122 cm³/mol. The van der Waals surface area contributed by atoms with Crippen LogP contribution < -0.4 is 5.32 Å². The van der Waals surface area contributed by atoms with E-state index in [1.54, 1.807) is 11.1 Å². The van der Waals surface area contributed by atoms with Crippen molar-refractivity contribution in [1.29, 1.82) is 0 Å². The SMILES string of the molecule is C=C(NCC(=C)N1CC(F)(F)CC1C(=C)N1CCCCC1)c1ccnc2c1C=CCC2. The van der Waals surface area contributed by atoms with Gasteiger partial charge in [0.25, 0.3) is 5.92 Å². The molecule has 0 aromatic carbocycles. The van der Waals surface area contributed by atoms with Gasteiger partial charge in [-0.15, -0.1) is 0 Å². The highest BCUT2D eigenvalue weighted by Crippen LogP contribution is 2.38. The zero-order chi connectivity index (χ0) is 22.0. The van der Waals surface area contributed by atoms with Gasteiger partial charge in [0.2, 0.25) is 0 Å². The number of fused-ring (bicyclic) bond motifs is 1. The lowest BCUT2D eigenvalue weighted by Gasteiger charge is -2.37. The van der Waals surface area contributed by atoms with Crippen LogP contribution in [-0.4, -0.2) is 52.9 Å². The Balaban J connectivity index is 1.43. The van der Waals surface area contributed by atoms with E-state index in [2.05, 4.69) is 47.1 Å². The van der Waals surface area contributed by atoms with Crippen LogP contribution in [0.1, 0.15) is 48.9 Å². The third-order valence-electron chi connectivity index (χ3n) is 6.56. The Morgan fingerprint density at radius 3 is 2.74 bits per heavy atom. The molecule has 0 amide bonds. The maximum Gasteiger partial charge on any atom is 0.267 e. The number of likely N-dealkylation sites (tertiary alicyclic amines) is 2. The van der Waals surface area contributed by atoms with Crippen molar-refractivity contribution in [1.82, 2.24) is 20.1 Å². The minimum atomic E-state index is -2.74. The number of hydrogen-bond acceptors (Lipinski definition) is 4. The van der Waals surface area contributed by atoms with Gasteiger partial charge in [-0.25, -0.2) is 8.78 Å². The number of alkyl halides is 2. The largest absolute Gasteiger partial charge is 0.379 e. The average molecular weight is 427 g/mol. The Kier molecular flexibility index (Phi) is 6.17. The molecule has 1 aliphatic carbocycles. The molecule has 6 heteroatoms. The molecule has 3 heterocycles. The van der Waals surface area contributed by atoms with Gasteiger partial charge in [-0.3, -0.25) is 4.98 Å². The highest BCUT2D eigenvalue weighted by atomic mass is 19.3. The van der Waals surface area contributed by atoms with Crippen LogP contribution in [0.2, 0.25) is 0 Å². The van der Waals surface area contributed by atoms with Crippen LogP contribution in [0, 0.1) is 0 Å². The normalized spacial score (nSPS) is 22.2. The first-order chi connectivity index (χ1) is 14.9. The second kappa shape index (κ2) is 8.85. The molecule has 3 aliphatic rings. The van der Waals surface area contributed by atoms with Crippen LogP contribution in [0.25, 0.3) is 11.8 Å². The van der Waals surface area contributed by atoms with Crippen molar-refractivity contribution in [2.24, 2.45) is 0 Å². The molecule has 4 rings (SSSR count). The first-order valence-electron chi connectivity index (χ1n) is 11.2. The van der Waals surface area contributed by atoms with Gasteiger partial charge in [-0.2, -0.15) is 0 Å². The molecule has 1 aromatic heterocycles. The van der Waals surface area contributed by atoms with Gasteiger partial charge in [0.1, 0.15) is 0 Å². The fourth-order valence-electron chi connectivity index (χ4n) is 4.83. The third-order valence-corrected chi connectivity index (χ3v) is 6.56. The fourth-order valence-corrected chi connectivity index (χ4v) is 4.83. The summed E-state index contributed by atoms with van der Waals surface area (Å²) in [6.45, 7) is 14.4. The number of hydrogen-bond donors (Lipinski definition) is 1. The van der Waals surface area contributed by atoms with Crippen LogP contribution in [0.5, 0.6) is 0 Å². The summed E-state index contributed by atoms with van der Waals surface area (Å²) in [5.41, 5.74) is 5.34. The summed E-state index contributed by atoms with van der Waals surface area (Å²) < 4.78 is 28.8. The van der Waals surface area contributed by atoms with E-state index in [1.165, 1.54) is 6.42 Å². The Labute approximate surface area is 184 Å². The summed E-state index contributed by atoms with van der Waals surface area (Å²) in [6, 6.07) is 1.53. The summed E-state index contributed by atoms with van der Waals surface area (Å²) in [6.07, 6.45) is 11.1. The van der Waals surface area contributed by atoms with Gasteiger partial charge in [0.15, 0.2) is 0 Å². The lowest BCUT2D eigenvalue weighted by Crippen LogP contribution is -2.41. The first kappa shape index (κ1) is 21.6. The summed E-state index contributed by atoms with van der Waals surface area (Å²) >= 11 is 0. The second-order valence-corrected chi connectivity index (χ2v) is 8.80. The van der Waals surface area contributed by atoms with Gasteiger partial charge >= 0.3 is 0 Å². The molecular weight excluding hydrogens is 394 g/mol. The molecule has 0 spiro atoms. The van der Waals surface area contributed by atoms with E-state index in [-0.39, 0.29) is 13.0 Å². The zero-order valence-corrected chi connectivity index (χ0v) is 18.2. The zero-order valence-electron chi connectivity index (χ0n) is 18.2. The van der Waals surface area contributed by atoms with Crippen molar-refractivity contribution in [2.45, 2.75) is 50.5 Å². The highest BCUT2D eigenvalue weighted by Gasteiger charge is 2.47. The van der Waals surface area contributed by atoms with E-state index >= 15 is 0 Å². The lowest BCUT2D eigenvalue weighted by atomic mass is 9.97. The van der Waals surface area contributed by atoms with Gasteiger partial charge < -0.3 is 15.1 Å². The molecule has 1 N–H and O–H groups in total. The predicted octanol–water partition coefficient (Wildman–Crippen LogP) is 4.82. The maximum absolute atomic E-state index is 14.4. The first-order valence-corrected chi connectivity index (χ1v) is 11.2. The van der Waals surface area contributed by atoms with Crippen molar-refractivity contribution in [3.63, 3.8) is 0 Å². The van der Waals surface area contributed by atoms with Crippen LogP contribution in [0.3, 0.4) is 0 Å². The number of pyridine rings is 1. The third kappa shape index (κ3) is 4.68. The van der Waals surface area contributed by atoms with Crippen molar-refractivity contribution in [3.05, 3.63) is 66.3 Å². The quantitative estimate of drug-likeness (QED) is 0.677. The molecule has 31 heavy (non-hydrogen) atoms. The maximum atomic E-state index is 14.4. The van der Waals surface area contributed by atoms with Crippen LogP contribution >= 0.6 is 0 Å². The molecular formula is C25H32F2N4. The number of nitrogens with zero attached hydrogens (tertiary/aromatic N) is 3. The molecule has 1 atom stereocenters. The standard InChI is InChI=1S/C25H32F2N4/c1-18(16-29-19(2)21-11-12-28-23-10-6-5-9-22(21)23)31-17-25(26,27)15-24(31)20(3)30-13-7-4-8-14-30/h5,9,11-12,24,29H,1-4,6-8,10,13-17H2. The molecule has 2 aliphatic heterocycles. The highest BCUT2D eigenvalue weighted by molar-refractivity contribution is 5.73. The minimum Gasteiger partial charge on any atom is -0.379 e. The smallest absolute Gasteiger partial charge is 0.267 e. The summed E-state index contributed by atoms with van der Waals surface area (Å²) in [5, 5.41) is 3.31. The summed E-state index contributed by atoms with van der Waals surface area (Å²) in [7, 11) is 0. The number of aromatic nitrogens is 1. The van der Waals surface area contributed by atoms with E-state index in [4.69, 9.17) is 0 Å². The number of halogens is 2. The number of nitrogens with one attached hydrogen (secondary N) is 1. The lowest BCUT2D eigenvalue weighted by molar-refractivity contribution is 0.0145. The Morgan fingerprint density at radius 1 is 1.19 bits per heavy atom. The van der Waals surface area contributed by atoms with Crippen LogP contribution in [0.4, 0.5) is 8.78 Å². The van der Waals surface area contributed by atoms with Gasteiger partial charge in [-0.05, 0) is 38.2 Å². The topological polar surface area (TPSA) is 31.4 Å². The van der Waals surface area contributed by atoms with E-state index in [1.807, 2.05) is 6.07 Å². The number of allylic oxidation sites excluding steroid dienone is 1. The molecule has 0 radical (unpaired) electrons. The van der Waals surface area contributed by atoms with E-state index in [9.17, 15) is 8.78 Å². The number of aryl methyl sites for hydroxylation is 1. The molecule has 0 saturated carbocycles. The molecule has 2 fully saturated rings. The van der Waals surface area contributed by atoms with Crippen molar-refractivity contribution >= 4 is 11.8 Å². The summed E-state index contributed by atoms with van der Waals surface area (Å²) in [4.78, 5) is 8.38. The van der Waals surface area contributed by atoms with E-state index < -0.39 is 12.0 Å². The van der Waals surface area contributed by atoms with Crippen molar-refractivity contribution in [2.75, 3.05) is 26.2 Å².